The van der Waals surface area contributed by atoms with E-state index in [-0.39, 0.29) is 5.91 Å². The molecular formula is C21H21Cl2NO2. The molecule has 0 saturated carbocycles. The molecule has 0 aliphatic carbocycles. The Kier molecular flexibility index (Phi) is 5.59. The summed E-state index contributed by atoms with van der Waals surface area (Å²) in [6, 6.07) is 11.4. The minimum absolute atomic E-state index is 0.000953. The molecule has 1 heterocycles. The Balaban J connectivity index is 2.05. The molecule has 0 atom stereocenters. The first-order valence-corrected chi connectivity index (χ1v) is 9.42. The van der Waals surface area contributed by atoms with Gasteiger partial charge in [-0.2, -0.15) is 0 Å². The summed E-state index contributed by atoms with van der Waals surface area (Å²) < 4.78 is 5.47. The molecule has 5 heteroatoms. The van der Waals surface area contributed by atoms with E-state index in [0.29, 0.717) is 40.4 Å². The van der Waals surface area contributed by atoms with E-state index in [9.17, 15) is 4.79 Å². The van der Waals surface area contributed by atoms with E-state index >= 15 is 0 Å². The number of halogens is 2. The fraction of sp³-hybridized carbons (Fsp3) is 0.286. The van der Waals surface area contributed by atoms with Crippen molar-refractivity contribution in [3.8, 4) is 5.75 Å². The summed E-state index contributed by atoms with van der Waals surface area (Å²) in [7, 11) is 0. The lowest BCUT2D eigenvalue weighted by Crippen LogP contribution is -2.30. The highest BCUT2D eigenvalue weighted by molar-refractivity contribution is 6.38. The van der Waals surface area contributed by atoms with Gasteiger partial charge in [0.15, 0.2) is 5.75 Å². The predicted molar refractivity (Wildman–Crippen MR) is 109 cm³/mol. The van der Waals surface area contributed by atoms with E-state index < -0.39 is 0 Å². The highest BCUT2D eigenvalue weighted by Gasteiger charge is 2.32. The summed E-state index contributed by atoms with van der Waals surface area (Å²) in [6.07, 6.45) is 1.84. The lowest BCUT2D eigenvalue weighted by Gasteiger charge is -2.19. The van der Waals surface area contributed by atoms with Crippen molar-refractivity contribution in [2.75, 3.05) is 18.1 Å². The second-order valence-electron chi connectivity index (χ2n) is 6.63. The number of rotatable bonds is 5. The molecule has 1 aliphatic rings. The maximum Gasteiger partial charge on any atom is 0.259 e. The van der Waals surface area contributed by atoms with Gasteiger partial charge in [0.1, 0.15) is 0 Å². The zero-order valence-corrected chi connectivity index (χ0v) is 16.6. The van der Waals surface area contributed by atoms with Crippen LogP contribution in [0.15, 0.2) is 36.4 Å². The number of fused-ring (bicyclic) bond motifs is 1. The van der Waals surface area contributed by atoms with Gasteiger partial charge in [-0.1, -0.05) is 55.2 Å². The number of benzene rings is 2. The molecular weight excluding hydrogens is 369 g/mol. The maximum absolute atomic E-state index is 13.0. The third-order valence-corrected chi connectivity index (χ3v) is 4.69. The first-order chi connectivity index (χ1) is 12.4. The van der Waals surface area contributed by atoms with E-state index in [2.05, 4.69) is 13.8 Å². The highest BCUT2D eigenvalue weighted by Crippen LogP contribution is 2.40. The molecule has 0 radical (unpaired) electrons. The Labute approximate surface area is 164 Å². The van der Waals surface area contributed by atoms with Crippen molar-refractivity contribution in [2.24, 2.45) is 5.92 Å². The Morgan fingerprint density at radius 1 is 1.15 bits per heavy atom. The second kappa shape index (κ2) is 7.73. The molecule has 1 aliphatic heterocycles. The summed E-state index contributed by atoms with van der Waals surface area (Å²) in [5.74, 6) is 0.847. The monoisotopic (exact) mass is 389 g/mol. The molecule has 3 rings (SSSR count). The van der Waals surface area contributed by atoms with E-state index in [0.717, 1.165) is 16.8 Å². The topological polar surface area (TPSA) is 29.5 Å². The summed E-state index contributed by atoms with van der Waals surface area (Å²) in [6.45, 7) is 7.24. The molecule has 0 fully saturated rings. The Hall–Kier alpha value is -1.97. The van der Waals surface area contributed by atoms with Crippen LogP contribution >= 0.6 is 23.2 Å². The van der Waals surface area contributed by atoms with Gasteiger partial charge in [-0.05, 0) is 42.7 Å². The fourth-order valence-electron chi connectivity index (χ4n) is 3.10. The average molecular weight is 390 g/mol. The molecule has 0 aromatic heterocycles. The first kappa shape index (κ1) is 18.8. The van der Waals surface area contributed by atoms with Crippen molar-refractivity contribution < 1.29 is 9.53 Å². The van der Waals surface area contributed by atoms with Gasteiger partial charge in [0.25, 0.3) is 5.91 Å². The van der Waals surface area contributed by atoms with E-state index in [4.69, 9.17) is 27.9 Å². The number of hydrogen-bond donors (Lipinski definition) is 0. The molecule has 2 aromatic rings. The number of amides is 1. The summed E-state index contributed by atoms with van der Waals surface area (Å²) >= 11 is 12.6. The number of nitrogens with zero attached hydrogens (tertiary/aromatic N) is 1. The third kappa shape index (κ3) is 3.60. The predicted octanol–water partition coefficient (Wildman–Crippen LogP) is 5.94. The molecule has 1 amide bonds. The number of anilines is 1. The molecule has 136 valence electrons. The van der Waals surface area contributed by atoms with Crippen LogP contribution in [-0.4, -0.2) is 19.1 Å². The molecule has 0 spiro atoms. The average Bonchev–Trinajstić information content (AvgIpc) is 2.84. The molecule has 3 nitrogen and oxygen atoms in total. The minimum atomic E-state index is 0.000953. The van der Waals surface area contributed by atoms with Gasteiger partial charge in [-0.25, -0.2) is 0 Å². The van der Waals surface area contributed by atoms with Crippen molar-refractivity contribution in [2.45, 2.75) is 20.8 Å². The van der Waals surface area contributed by atoms with Crippen LogP contribution in [0.25, 0.3) is 11.6 Å². The SMILES string of the molecule is CCOc1c(Cl)cc(/C=C2\C(=O)N(CC(C)C)c3ccccc32)cc1Cl. The van der Waals surface area contributed by atoms with Gasteiger partial charge in [0.05, 0.1) is 22.3 Å². The van der Waals surface area contributed by atoms with Crippen LogP contribution in [0.3, 0.4) is 0 Å². The largest absolute Gasteiger partial charge is 0.491 e. The number of carbonyl (C=O) groups is 1. The third-order valence-electron chi connectivity index (χ3n) is 4.13. The van der Waals surface area contributed by atoms with Gasteiger partial charge < -0.3 is 9.64 Å². The van der Waals surface area contributed by atoms with Crippen LogP contribution < -0.4 is 9.64 Å². The summed E-state index contributed by atoms with van der Waals surface area (Å²) in [5.41, 5.74) is 3.30. The maximum atomic E-state index is 13.0. The van der Waals surface area contributed by atoms with Crippen LogP contribution in [0, 0.1) is 5.92 Å². The van der Waals surface area contributed by atoms with Gasteiger partial charge in [-0.3, -0.25) is 4.79 Å². The van der Waals surface area contributed by atoms with Crippen LogP contribution in [0.4, 0.5) is 5.69 Å². The number of ether oxygens (including phenoxy) is 1. The summed E-state index contributed by atoms with van der Waals surface area (Å²) in [4.78, 5) is 14.8. The molecule has 0 saturated heterocycles. The number of carbonyl (C=O) groups excluding carboxylic acids is 1. The quantitative estimate of drug-likeness (QED) is 0.592. The molecule has 0 N–H and O–H groups in total. The first-order valence-electron chi connectivity index (χ1n) is 8.67. The van der Waals surface area contributed by atoms with Crippen molar-refractivity contribution in [3.63, 3.8) is 0 Å². The van der Waals surface area contributed by atoms with Crippen molar-refractivity contribution >= 4 is 46.4 Å². The molecule has 0 unspecified atom stereocenters. The van der Waals surface area contributed by atoms with Crippen molar-refractivity contribution in [1.29, 1.82) is 0 Å². The zero-order valence-electron chi connectivity index (χ0n) is 15.1. The van der Waals surface area contributed by atoms with Gasteiger partial charge in [0.2, 0.25) is 0 Å². The lowest BCUT2D eigenvalue weighted by molar-refractivity contribution is -0.113. The molecule has 0 bridgehead atoms. The number of para-hydroxylation sites is 1. The minimum Gasteiger partial charge on any atom is -0.491 e. The Morgan fingerprint density at radius 2 is 1.81 bits per heavy atom. The van der Waals surface area contributed by atoms with Crippen molar-refractivity contribution in [3.05, 3.63) is 57.6 Å². The highest BCUT2D eigenvalue weighted by atomic mass is 35.5. The zero-order chi connectivity index (χ0) is 18.8. The smallest absolute Gasteiger partial charge is 0.259 e. The number of hydrogen-bond acceptors (Lipinski definition) is 2. The van der Waals surface area contributed by atoms with Crippen molar-refractivity contribution in [1.82, 2.24) is 0 Å². The van der Waals surface area contributed by atoms with Crippen LogP contribution in [-0.2, 0) is 4.79 Å². The Morgan fingerprint density at radius 3 is 2.42 bits per heavy atom. The Bertz CT molecular complexity index is 851. The summed E-state index contributed by atoms with van der Waals surface area (Å²) in [5, 5.41) is 0.868. The standard InChI is InChI=1S/C21H21Cl2NO2/c1-4-26-20-17(22)10-14(11-18(20)23)9-16-15-7-5-6-8-19(15)24(21(16)25)12-13(2)3/h5-11,13H,4,12H2,1-3H3/b16-9-. The fourth-order valence-corrected chi connectivity index (χ4v) is 3.72. The lowest BCUT2D eigenvalue weighted by atomic mass is 10.0. The van der Waals surface area contributed by atoms with Crippen LogP contribution in [0.1, 0.15) is 31.9 Å². The van der Waals surface area contributed by atoms with E-state index in [1.54, 1.807) is 12.1 Å². The van der Waals surface area contributed by atoms with Gasteiger partial charge >= 0.3 is 0 Å². The van der Waals surface area contributed by atoms with E-state index in [1.165, 1.54) is 0 Å². The van der Waals surface area contributed by atoms with Gasteiger partial charge in [-0.15, -0.1) is 0 Å². The molecule has 2 aromatic carbocycles. The van der Waals surface area contributed by atoms with E-state index in [1.807, 2.05) is 42.2 Å². The van der Waals surface area contributed by atoms with Crippen LogP contribution in [0.5, 0.6) is 5.75 Å². The second-order valence-corrected chi connectivity index (χ2v) is 7.45. The van der Waals surface area contributed by atoms with Gasteiger partial charge in [0, 0.05) is 17.7 Å². The normalized spacial score (nSPS) is 15.1. The molecule has 26 heavy (non-hydrogen) atoms. The van der Waals surface area contributed by atoms with Crippen LogP contribution in [0.2, 0.25) is 10.0 Å².